The number of benzene rings is 1. The first-order valence-electron chi connectivity index (χ1n) is 10.4. The number of carbonyl (C=O) groups excluding carboxylic acids is 1. The zero-order chi connectivity index (χ0) is 20.4. The van der Waals surface area contributed by atoms with Crippen molar-refractivity contribution in [1.29, 1.82) is 0 Å². The number of fused-ring (bicyclic) bond motifs is 1. The van der Waals surface area contributed by atoms with Crippen LogP contribution in [-0.4, -0.2) is 36.2 Å². The Balaban J connectivity index is 1.48. The molecule has 1 amide bonds. The molecule has 6 nitrogen and oxygen atoms in total. The molecule has 1 atom stereocenters. The van der Waals surface area contributed by atoms with E-state index in [0.29, 0.717) is 17.2 Å². The van der Waals surface area contributed by atoms with Gasteiger partial charge in [-0.1, -0.05) is 13.3 Å². The Morgan fingerprint density at radius 2 is 1.93 bits per heavy atom. The molecule has 2 heterocycles. The van der Waals surface area contributed by atoms with E-state index in [0.717, 1.165) is 50.6 Å². The fraction of sp³-hybridized carbons (Fsp3) is 0.524. The summed E-state index contributed by atoms with van der Waals surface area (Å²) in [5.74, 6) is -0.260. The highest BCUT2D eigenvalue weighted by atomic mass is 32.2. The topological polar surface area (TPSA) is 79.4 Å². The average Bonchev–Trinajstić information content (AvgIpc) is 3.16. The van der Waals surface area contributed by atoms with Crippen molar-refractivity contribution in [3.63, 3.8) is 0 Å². The third-order valence-electron chi connectivity index (χ3n) is 5.83. The number of thiazole rings is 1. The predicted molar refractivity (Wildman–Crippen MR) is 115 cm³/mol. The molecular formula is C21H27N3O3S2. The van der Waals surface area contributed by atoms with Gasteiger partial charge in [0.05, 0.1) is 10.6 Å². The first-order valence-corrected chi connectivity index (χ1v) is 12.7. The maximum atomic E-state index is 13.1. The zero-order valence-electron chi connectivity index (χ0n) is 16.7. The molecule has 156 valence electrons. The number of aromatic nitrogens is 1. The first kappa shape index (κ1) is 20.5. The Kier molecular flexibility index (Phi) is 6.03. The number of carbonyl (C=O) groups is 1. The molecule has 4 rings (SSSR count). The van der Waals surface area contributed by atoms with Crippen molar-refractivity contribution < 1.29 is 13.2 Å². The van der Waals surface area contributed by atoms with Crippen molar-refractivity contribution in [2.75, 3.05) is 11.9 Å². The number of sulfonamides is 1. The predicted octanol–water partition coefficient (Wildman–Crippen LogP) is 4.23. The molecule has 1 aliphatic heterocycles. The second kappa shape index (κ2) is 8.53. The summed E-state index contributed by atoms with van der Waals surface area (Å²) in [5, 5.41) is 3.48. The third-order valence-corrected chi connectivity index (χ3v) is 8.87. The van der Waals surface area contributed by atoms with Crippen molar-refractivity contribution >= 4 is 32.4 Å². The number of hydrogen-bond acceptors (Lipinski definition) is 5. The molecule has 0 saturated carbocycles. The lowest BCUT2D eigenvalue weighted by atomic mass is 10.0. The second-order valence-corrected chi connectivity index (χ2v) is 10.7. The van der Waals surface area contributed by atoms with E-state index in [1.54, 1.807) is 39.9 Å². The highest BCUT2D eigenvalue weighted by Crippen LogP contribution is 2.30. The van der Waals surface area contributed by atoms with Crippen LogP contribution in [0.15, 0.2) is 29.2 Å². The van der Waals surface area contributed by atoms with E-state index < -0.39 is 10.0 Å². The largest absolute Gasteiger partial charge is 0.298 e. The van der Waals surface area contributed by atoms with Crippen LogP contribution in [-0.2, 0) is 22.9 Å². The Bertz CT molecular complexity index is 960. The van der Waals surface area contributed by atoms with Gasteiger partial charge in [0.15, 0.2) is 5.13 Å². The molecule has 0 spiro atoms. The summed E-state index contributed by atoms with van der Waals surface area (Å²) in [4.78, 5) is 18.6. The lowest BCUT2D eigenvalue weighted by Gasteiger charge is -2.34. The van der Waals surface area contributed by atoms with Crippen molar-refractivity contribution in [2.45, 2.75) is 69.2 Å². The van der Waals surface area contributed by atoms with Crippen LogP contribution < -0.4 is 5.32 Å². The van der Waals surface area contributed by atoms with Gasteiger partial charge in [-0.05, 0) is 69.2 Å². The molecule has 0 bridgehead atoms. The molecule has 1 N–H and O–H groups in total. The quantitative estimate of drug-likeness (QED) is 0.765. The standard InChI is InChI=1S/C21H27N3O3S2/c1-2-16-7-5-6-14-24(16)29(26,27)17-12-10-15(11-13-17)20(25)23-21-22-18-8-3-4-9-19(18)28-21/h10-13,16H,2-9,14H2,1H3,(H,22,23,25). The van der Waals surface area contributed by atoms with Gasteiger partial charge in [-0.3, -0.25) is 10.1 Å². The summed E-state index contributed by atoms with van der Waals surface area (Å²) in [6.45, 7) is 2.60. The summed E-state index contributed by atoms with van der Waals surface area (Å²) in [6, 6.07) is 6.31. The lowest BCUT2D eigenvalue weighted by Crippen LogP contribution is -2.43. The van der Waals surface area contributed by atoms with Crippen LogP contribution >= 0.6 is 11.3 Å². The number of rotatable bonds is 5. The molecule has 2 aliphatic rings. The molecule has 1 aromatic heterocycles. The fourth-order valence-electron chi connectivity index (χ4n) is 4.19. The van der Waals surface area contributed by atoms with E-state index in [4.69, 9.17) is 0 Å². The minimum Gasteiger partial charge on any atom is -0.298 e. The smallest absolute Gasteiger partial charge is 0.257 e. The Morgan fingerprint density at radius 3 is 2.66 bits per heavy atom. The van der Waals surface area contributed by atoms with Gasteiger partial charge < -0.3 is 0 Å². The van der Waals surface area contributed by atoms with Gasteiger partial charge in [-0.2, -0.15) is 4.31 Å². The number of anilines is 1. The van der Waals surface area contributed by atoms with Gasteiger partial charge in [-0.25, -0.2) is 13.4 Å². The number of piperidine rings is 1. The monoisotopic (exact) mass is 433 g/mol. The summed E-state index contributed by atoms with van der Waals surface area (Å²) < 4.78 is 27.7. The van der Waals surface area contributed by atoms with Crippen molar-refractivity contribution in [3.05, 3.63) is 40.4 Å². The normalized spacial score (nSPS) is 20.2. The van der Waals surface area contributed by atoms with Gasteiger partial charge in [-0.15, -0.1) is 11.3 Å². The Labute approximate surface area is 176 Å². The van der Waals surface area contributed by atoms with E-state index in [-0.39, 0.29) is 16.8 Å². The van der Waals surface area contributed by atoms with Crippen molar-refractivity contribution in [1.82, 2.24) is 9.29 Å². The number of nitrogens with zero attached hydrogens (tertiary/aromatic N) is 2. The summed E-state index contributed by atoms with van der Waals surface area (Å²) in [5.41, 5.74) is 1.54. The van der Waals surface area contributed by atoms with Crippen LogP contribution in [0.5, 0.6) is 0 Å². The highest BCUT2D eigenvalue weighted by molar-refractivity contribution is 7.89. The molecule has 8 heteroatoms. The molecule has 0 radical (unpaired) electrons. The van der Waals surface area contributed by atoms with Crippen molar-refractivity contribution in [2.24, 2.45) is 0 Å². The molecular weight excluding hydrogens is 406 g/mol. The number of nitrogens with one attached hydrogen (secondary N) is 1. The van der Waals surface area contributed by atoms with Gasteiger partial charge in [0, 0.05) is 23.0 Å². The molecule has 1 fully saturated rings. The van der Waals surface area contributed by atoms with E-state index >= 15 is 0 Å². The summed E-state index contributed by atoms with van der Waals surface area (Å²) in [6.07, 6.45) is 8.03. The molecule has 1 saturated heterocycles. The van der Waals surface area contributed by atoms with E-state index in [1.165, 1.54) is 11.3 Å². The SMILES string of the molecule is CCC1CCCCN1S(=O)(=O)c1ccc(C(=O)Nc2nc3c(s2)CCCC3)cc1. The molecule has 29 heavy (non-hydrogen) atoms. The van der Waals surface area contributed by atoms with Crippen LogP contribution in [0.25, 0.3) is 0 Å². The molecule has 2 aromatic rings. The minimum atomic E-state index is -3.54. The molecule has 1 aliphatic carbocycles. The Hall–Kier alpha value is -1.77. The van der Waals surface area contributed by atoms with Crippen LogP contribution in [0.1, 0.15) is 66.4 Å². The van der Waals surface area contributed by atoms with Crippen LogP contribution in [0.4, 0.5) is 5.13 Å². The van der Waals surface area contributed by atoms with E-state index in [1.807, 2.05) is 6.92 Å². The van der Waals surface area contributed by atoms with Crippen LogP contribution in [0, 0.1) is 0 Å². The highest BCUT2D eigenvalue weighted by Gasteiger charge is 2.32. The number of hydrogen-bond donors (Lipinski definition) is 1. The fourth-order valence-corrected chi connectivity index (χ4v) is 7.00. The summed E-state index contributed by atoms with van der Waals surface area (Å²) >= 11 is 1.54. The van der Waals surface area contributed by atoms with E-state index in [2.05, 4.69) is 10.3 Å². The van der Waals surface area contributed by atoms with Gasteiger partial charge >= 0.3 is 0 Å². The van der Waals surface area contributed by atoms with Crippen LogP contribution in [0.2, 0.25) is 0 Å². The first-order chi connectivity index (χ1) is 14.0. The number of aryl methyl sites for hydroxylation is 2. The van der Waals surface area contributed by atoms with Gasteiger partial charge in [0.1, 0.15) is 0 Å². The zero-order valence-corrected chi connectivity index (χ0v) is 18.3. The molecule has 1 aromatic carbocycles. The maximum Gasteiger partial charge on any atom is 0.257 e. The maximum absolute atomic E-state index is 13.1. The van der Waals surface area contributed by atoms with Gasteiger partial charge in [0.25, 0.3) is 5.91 Å². The second-order valence-electron chi connectivity index (χ2n) is 7.75. The minimum absolute atomic E-state index is 0.0626. The summed E-state index contributed by atoms with van der Waals surface area (Å²) in [7, 11) is -3.54. The third kappa shape index (κ3) is 4.25. The Morgan fingerprint density at radius 1 is 1.17 bits per heavy atom. The average molecular weight is 434 g/mol. The lowest BCUT2D eigenvalue weighted by molar-refractivity contribution is 0.102. The van der Waals surface area contributed by atoms with Crippen LogP contribution in [0.3, 0.4) is 0 Å². The van der Waals surface area contributed by atoms with E-state index in [9.17, 15) is 13.2 Å². The van der Waals surface area contributed by atoms with Gasteiger partial charge in [0.2, 0.25) is 10.0 Å². The number of amides is 1. The molecule has 1 unspecified atom stereocenters. The van der Waals surface area contributed by atoms with Crippen molar-refractivity contribution in [3.8, 4) is 0 Å².